The molecule has 0 fully saturated rings. The third kappa shape index (κ3) is 3.23. The molecule has 0 atom stereocenters. The Hall–Kier alpha value is -1.01. The van der Waals surface area contributed by atoms with Crippen LogP contribution in [0, 0.1) is 0 Å². The van der Waals surface area contributed by atoms with E-state index in [4.69, 9.17) is 4.55 Å². The Morgan fingerprint density at radius 1 is 1.24 bits per heavy atom. The van der Waals surface area contributed by atoms with E-state index < -0.39 is 27.0 Å². The molecule has 0 aliphatic rings. The smallest absolute Gasteiger partial charge is 0.282 e. The molecule has 0 unspecified atom stereocenters. The Bertz CT molecular complexity index is 516. The van der Waals surface area contributed by atoms with Gasteiger partial charge in [0, 0.05) is 5.56 Å². The second kappa shape index (κ2) is 4.34. The van der Waals surface area contributed by atoms with Crippen LogP contribution in [0.15, 0.2) is 23.1 Å². The van der Waals surface area contributed by atoms with Gasteiger partial charge in [-0.1, -0.05) is 26.8 Å². The minimum Gasteiger partial charge on any atom is -0.282 e. The first-order valence-corrected chi connectivity index (χ1v) is 6.37. The molecular weight excluding hydrogens is 250 g/mol. The Balaban J connectivity index is 3.49. The van der Waals surface area contributed by atoms with Crippen molar-refractivity contribution in [3.8, 4) is 0 Å². The second-order valence-electron chi connectivity index (χ2n) is 4.78. The number of hydrogen-bond acceptors (Lipinski definition) is 2. The molecule has 0 heterocycles. The van der Waals surface area contributed by atoms with E-state index in [1.165, 1.54) is 6.07 Å². The summed E-state index contributed by atoms with van der Waals surface area (Å²) in [4.78, 5) is -0.736. The summed E-state index contributed by atoms with van der Waals surface area (Å²) in [5, 5.41) is 0. The molecule has 0 radical (unpaired) electrons. The molecule has 0 spiro atoms. The molecule has 1 N–H and O–H groups in total. The van der Waals surface area contributed by atoms with E-state index in [2.05, 4.69) is 0 Å². The minimum atomic E-state index is -4.62. The minimum absolute atomic E-state index is 0.374. The molecule has 96 valence electrons. The van der Waals surface area contributed by atoms with Crippen molar-refractivity contribution in [1.82, 2.24) is 0 Å². The van der Waals surface area contributed by atoms with Crippen LogP contribution < -0.4 is 0 Å². The molecule has 17 heavy (non-hydrogen) atoms. The second-order valence-corrected chi connectivity index (χ2v) is 6.17. The van der Waals surface area contributed by atoms with Gasteiger partial charge in [0.2, 0.25) is 0 Å². The predicted octanol–water partition coefficient (Wildman–Crippen LogP) is 3.17. The van der Waals surface area contributed by atoms with Crippen molar-refractivity contribution in [2.45, 2.75) is 37.5 Å². The summed E-state index contributed by atoms with van der Waals surface area (Å²) in [6.45, 7) is 5.47. The highest BCUT2D eigenvalue weighted by atomic mass is 32.2. The van der Waals surface area contributed by atoms with Gasteiger partial charge >= 0.3 is 0 Å². The predicted molar refractivity (Wildman–Crippen MR) is 59.9 cm³/mol. The van der Waals surface area contributed by atoms with Crippen LogP contribution in [0.3, 0.4) is 0 Å². The van der Waals surface area contributed by atoms with E-state index in [-0.39, 0.29) is 5.41 Å². The summed E-state index contributed by atoms with van der Waals surface area (Å²) < 4.78 is 56.2. The first kappa shape index (κ1) is 14.1. The first-order chi connectivity index (χ1) is 7.53. The summed E-state index contributed by atoms with van der Waals surface area (Å²) >= 11 is 0. The Morgan fingerprint density at radius 3 is 2.12 bits per heavy atom. The number of alkyl halides is 2. The SMILES string of the molecule is CC(C)(C)c1ccc(S(=O)(=O)O)c(C(F)F)c1. The van der Waals surface area contributed by atoms with Crippen molar-refractivity contribution in [3.63, 3.8) is 0 Å². The molecule has 1 aromatic rings. The fourth-order valence-corrected chi connectivity index (χ4v) is 2.11. The summed E-state index contributed by atoms with van der Waals surface area (Å²) in [6, 6.07) is 3.56. The fraction of sp³-hybridized carbons (Fsp3) is 0.455. The summed E-state index contributed by atoms with van der Waals surface area (Å²) in [6.07, 6.45) is -2.95. The highest BCUT2D eigenvalue weighted by Gasteiger charge is 2.24. The maximum absolute atomic E-state index is 12.8. The van der Waals surface area contributed by atoms with Crippen molar-refractivity contribution in [1.29, 1.82) is 0 Å². The lowest BCUT2D eigenvalue weighted by molar-refractivity contribution is 0.147. The van der Waals surface area contributed by atoms with E-state index in [1.807, 2.05) is 20.8 Å². The van der Waals surface area contributed by atoms with Crippen LogP contribution in [-0.2, 0) is 15.5 Å². The van der Waals surface area contributed by atoms with Crippen molar-refractivity contribution in [2.75, 3.05) is 0 Å². The van der Waals surface area contributed by atoms with Crippen LogP contribution in [0.4, 0.5) is 8.78 Å². The lowest BCUT2D eigenvalue weighted by atomic mass is 9.86. The van der Waals surface area contributed by atoms with E-state index in [9.17, 15) is 17.2 Å². The van der Waals surface area contributed by atoms with Gasteiger partial charge in [-0.15, -0.1) is 0 Å². The van der Waals surface area contributed by atoms with Gasteiger partial charge in [-0.25, -0.2) is 8.78 Å². The Morgan fingerprint density at radius 2 is 1.76 bits per heavy atom. The summed E-state index contributed by atoms with van der Waals surface area (Å²) in [5.41, 5.74) is -0.457. The standard InChI is InChI=1S/C11H14F2O3S/c1-11(2,3)7-4-5-9(17(14,15)16)8(6-7)10(12)13/h4-6,10H,1-3H3,(H,14,15,16). The van der Waals surface area contributed by atoms with Crippen LogP contribution in [0.2, 0.25) is 0 Å². The molecule has 6 heteroatoms. The summed E-state index contributed by atoms with van der Waals surface area (Å²) in [5.74, 6) is 0. The zero-order valence-electron chi connectivity index (χ0n) is 9.74. The number of benzene rings is 1. The molecule has 0 aromatic heterocycles. The van der Waals surface area contributed by atoms with Gasteiger partial charge < -0.3 is 0 Å². The molecule has 0 aliphatic heterocycles. The van der Waals surface area contributed by atoms with Crippen molar-refractivity contribution < 1.29 is 21.8 Å². The van der Waals surface area contributed by atoms with E-state index >= 15 is 0 Å². The molecule has 3 nitrogen and oxygen atoms in total. The lowest BCUT2D eigenvalue weighted by Crippen LogP contribution is -2.13. The van der Waals surface area contributed by atoms with Crippen molar-refractivity contribution >= 4 is 10.1 Å². The Labute approximate surface area is 99.2 Å². The van der Waals surface area contributed by atoms with Gasteiger partial charge in [-0.3, -0.25) is 4.55 Å². The van der Waals surface area contributed by atoms with Crippen LogP contribution in [0.25, 0.3) is 0 Å². The summed E-state index contributed by atoms with van der Waals surface area (Å²) in [7, 11) is -4.62. The van der Waals surface area contributed by atoms with Crippen LogP contribution in [-0.4, -0.2) is 13.0 Å². The van der Waals surface area contributed by atoms with Gasteiger partial charge in [-0.05, 0) is 23.1 Å². The Kier molecular flexibility index (Phi) is 3.59. The normalized spacial score (nSPS) is 13.1. The van der Waals surface area contributed by atoms with E-state index in [0.29, 0.717) is 5.56 Å². The maximum Gasteiger partial charge on any atom is 0.295 e. The first-order valence-electron chi connectivity index (χ1n) is 4.93. The van der Waals surface area contributed by atoms with Gasteiger partial charge in [-0.2, -0.15) is 8.42 Å². The number of rotatable bonds is 2. The van der Waals surface area contributed by atoms with Crippen molar-refractivity contribution in [3.05, 3.63) is 29.3 Å². The van der Waals surface area contributed by atoms with Crippen LogP contribution in [0.1, 0.15) is 38.3 Å². The molecule has 0 bridgehead atoms. The fourth-order valence-electron chi connectivity index (χ4n) is 1.42. The monoisotopic (exact) mass is 264 g/mol. The average Bonchev–Trinajstić information content (AvgIpc) is 2.14. The van der Waals surface area contributed by atoms with Crippen LogP contribution in [0.5, 0.6) is 0 Å². The molecule has 0 saturated carbocycles. The van der Waals surface area contributed by atoms with Gasteiger partial charge in [0.05, 0.1) is 0 Å². The highest BCUT2D eigenvalue weighted by molar-refractivity contribution is 7.85. The van der Waals surface area contributed by atoms with Crippen LogP contribution >= 0.6 is 0 Å². The van der Waals surface area contributed by atoms with Gasteiger partial charge in [0.1, 0.15) is 4.90 Å². The zero-order chi connectivity index (χ0) is 13.4. The molecule has 1 rings (SSSR count). The average molecular weight is 264 g/mol. The molecule has 0 saturated heterocycles. The third-order valence-electron chi connectivity index (χ3n) is 2.39. The van der Waals surface area contributed by atoms with E-state index in [0.717, 1.165) is 12.1 Å². The zero-order valence-corrected chi connectivity index (χ0v) is 10.6. The van der Waals surface area contributed by atoms with Gasteiger partial charge in [0.15, 0.2) is 0 Å². The number of halogens is 2. The molecular formula is C11H14F2O3S. The number of hydrogen-bond donors (Lipinski definition) is 1. The highest BCUT2D eigenvalue weighted by Crippen LogP contribution is 2.31. The molecule has 1 aromatic carbocycles. The largest absolute Gasteiger partial charge is 0.295 e. The molecule has 0 amide bonds. The molecule has 0 aliphatic carbocycles. The van der Waals surface area contributed by atoms with Gasteiger partial charge in [0.25, 0.3) is 16.5 Å². The maximum atomic E-state index is 12.8. The van der Waals surface area contributed by atoms with Crippen molar-refractivity contribution in [2.24, 2.45) is 0 Å². The lowest BCUT2D eigenvalue weighted by Gasteiger charge is -2.20. The third-order valence-corrected chi connectivity index (χ3v) is 3.32. The topological polar surface area (TPSA) is 54.4 Å². The quantitative estimate of drug-likeness (QED) is 0.835. The van der Waals surface area contributed by atoms with E-state index in [1.54, 1.807) is 0 Å².